The summed E-state index contributed by atoms with van der Waals surface area (Å²) in [4.78, 5) is 11.3. The predicted octanol–water partition coefficient (Wildman–Crippen LogP) is 3.12. The summed E-state index contributed by atoms with van der Waals surface area (Å²) < 4.78 is 0. The average molecular weight is 191 g/mol. The summed E-state index contributed by atoms with van der Waals surface area (Å²) in [6, 6.07) is 7.85. The molecule has 1 aromatic rings. The number of hydrogen-bond acceptors (Lipinski definition) is 1. The van der Waals surface area contributed by atoms with E-state index in [1.54, 1.807) is 0 Å². The third kappa shape index (κ3) is 3.60. The molecule has 0 saturated carbocycles. The fourth-order valence-corrected chi connectivity index (χ4v) is 1.20. The van der Waals surface area contributed by atoms with Gasteiger partial charge in [-0.25, -0.2) is 0 Å². The van der Waals surface area contributed by atoms with Gasteiger partial charge < -0.3 is 5.32 Å². The molecule has 1 N–H and O–H groups in total. The molecule has 1 amide bonds. The topological polar surface area (TPSA) is 29.1 Å². The van der Waals surface area contributed by atoms with Gasteiger partial charge in [-0.15, -0.1) is 0 Å². The minimum absolute atomic E-state index is 0.107. The van der Waals surface area contributed by atoms with E-state index in [2.05, 4.69) is 12.2 Å². The molecular formula is C12H17NO. The molecular weight excluding hydrogens is 174 g/mol. The van der Waals surface area contributed by atoms with E-state index in [0.29, 0.717) is 6.42 Å². The first-order chi connectivity index (χ1) is 6.72. The number of rotatable bonds is 4. The second-order valence-electron chi connectivity index (χ2n) is 3.52. The van der Waals surface area contributed by atoms with Crippen molar-refractivity contribution in [3.05, 3.63) is 29.8 Å². The Morgan fingerprint density at radius 2 is 1.93 bits per heavy atom. The van der Waals surface area contributed by atoms with Gasteiger partial charge in [0.25, 0.3) is 0 Å². The summed E-state index contributed by atoms with van der Waals surface area (Å²) in [6.07, 6.45) is 2.63. The molecule has 0 radical (unpaired) electrons. The highest BCUT2D eigenvalue weighted by Gasteiger charge is 2.00. The molecule has 0 heterocycles. The largest absolute Gasteiger partial charge is 0.326 e. The molecule has 0 atom stereocenters. The lowest BCUT2D eigenvalue weighted by molar-refractivity contribution is -0.116. The van der Waals surface area contributed by atoms with Crippen LogP contribution in [0.3, 0.4) is 0 Å². The van der Waals surface area contributed by atoms with Crippen LogP contribution in [0, 0.1) is 6.92 Å². The summed E-state index contributed by atoms with van der Waals surface area (Å²) in [6.45, 7) is 4.11. The second kappa shape index (κ2) is 5.43. The summed E-state index contributed by atoms with van der Waals surface area (Å²) in [5.41, 5.74) is 2.09. The van der Waals surface area contributed by atoms with Crippen molar-refractivity contribution in [2.24, 2.45) is 0 Å². The van der Waals surface area contributed by atoms with Gasteiger partial charge >= 0.3 is 0 Å². The maximum Gasteiger partial charge on any atom is 0.224 e. The van der Waals surface area contributed by atoms with Crippen LogP contribution in [0.15, 0.2) is 24.3 Å². The SMILES string of the molecule is CCCCC(=O)Nc1ccc(C)cc1. The lowest BCUT2D eigenvalue weighted by Gasteiger charge is -2.04. The number of unbranched alkanes of at least 4 members (excludes halogenated alkanes) is 1. The van der Waals surface area contributed by atoms with Crippen LogP contribution in [0.1, 0.15) is 31.7 Å². The van der Waals surface area contributed by atoms with E-state index in [9.17, 15) is 4.79 Å². The second-order valence-corrected chi connectivity index (χ2v) is 3.52. The van der Waals surface area contributed by atoms with Crippen molar-refractivity contribution >= 4 is 11.6 Å². The predicted molar refractivity (Wildman–Crippen MR) is 59.3 cm³/mol. The van der Waals surface area contributed by atoms with E-state index >= 15 is 0 Å². The van der Waals surface area contributed by atoms with Crippen LogP contribution in [-0.2, 0) is 4.79 Å². The van der Waals surface area contributed by atoms with Crippen molar-refractivity contribution in [3.8, 4) is 0 Å². The van der Waals surface area contributed by atoms with E-state index in [0.717, 1.165) is 18.5 Å². The molecule has 0 saturated heterocycles. The first kappa shape index (κ1) is 10.8. The number of amides is 1. The monoisotopic (exact) mass is 191 g/mol. The molecule has 0 aliphatic heterocycles. The minimum Gasteiger partial charge on any atom is -0.326 e. The highest BCUT2D eigenvalue weighted by atomic mass is 16.1. The Morgan fingerprint density at radius 3 is 2.50 bits per heavy atom. The van der Waals surface area contributed by atoms with Gasteiger partial charge in [0.15, 0.2) is 0 Å². The third-order valence-corrected chi connectivity index (χ3v) is 2.09. The van der Waals surface area contributed by atoms with Gasteiger partial charge in [-0.3, -0.25) is 4.79 Å². The average Bonchev–Trinajstić information content (AvgIpc) is 2.18. The fraction of sp³-hybridized carbons (Fsp3) is 0.417. The standard InChI is InChI=1S/C12H17NO/c1-3-4-5-12(14)13-11-8-6-10(2)7-9-11/h6-9H,3-5H2,1-2H3,(H,13,14). The van der Waals surface area contributed by atoms with Crippen LogP contribution >= 0.6 is 0 Å². The summed E-state index contributed by atoms with van der Waals surface area (Å²) in [5, 5.41) is 2.86. The maximum absolute atomic E-state index is 11.3. The lowest BCUT2D eigenvalue weighted by Crippen LogP contribution is -2.10. The zero-order valence-corrected chi connectivity index (χ0v) is 8.84. The van der Waals surface area contributed by atoms with E-state index < -0.39 is 0 Å². The Morgan fingerprint density at radius 1 is 1.29 bits per heavy atom. The first-order valence-electron chi connectivity index (χ1n) is 5.09. The zero-order chi connectivity index (χ0) is 10.4. The number of carbonyl (C=O) groups is 1. The fourth-order valence-electron chi connectivity index (χ4n) is 1.20. The number of aryl methyl sites for hydroxylation is 1. The smallest absolute Gasteiger partial charge is 0.224 e. The van der Waals surface area contributed by atoms with Gasteiger partial charge in [-0.05, 0) is 25.5 Å². The van der Waals surface area contributed by atoms with E-state index in [4.69, 9.17) is 0 Å². The molecule has 0 fully saturated rings. The van der Waals surface area contributed by atoms with Gasteiger partial charge in [0.2, 0.25) is 5.91 Å². The normalized spacial score (nSPS) is 9.86. The molecule has 0 aromatic heterocycles. The van der Waals surface area contributed by atoms with Gasteiger partial charge in [-0.1, -0.05) is 31.0 Å². The van der Waals surface area contributed by atoms with Crippen LogP contribution in [-0.4, -0.2) is 5.91 Å². The molecule has 0 aliphatic rings. The molecule has 2 heteroatoms. The molecule has 0 spiro atoms. The molecule has 0 unspecified atom stereocenters. The Bertz CT molecular complexity index is 290. The summed E-state index contributed by atoms with van der Waals surface area (Å²) in [5.74, 6) is 0.107. The van der Waals surface area contributed by atoms with Crippen LogP contribution in [0.25, 0.3) is 0 Å². The first-order valence-corrected chi connectivity index (χ1v) is 5.09. The Balaban J connectivity index is 2.44. The zero-order valence-electron chi connectivity index (χ0n) is 8.84. The van der Waals surface area contributed by atoms with Crippen LogP contribution in [0.5, 0.6) is 0 Å². The molecule has 0 bridgehead atoms. The Kier molecular flexibility index (Phi) is 4.17. The lowest BCUT2D eigenvalue weighted by atomic mass is 10.2. The van der Waals surface area contributed by atoms with Crippen molar-refractivity contribution < 1.29 is 4.79 Å². The maximum atomic E-state index is 11.3. The van der Waals surface area contributed by atoms with Crippen LogP contribution in [0.4, 0.5) is 5.69 Å². The summed E-state index contributed by atoms with van der Waals surface area (Å²) >= 11 is 0. The molecule has 76 valence electrons. The van der Waals surface area contributed by atoms with E-state index in [1.165, 1.54) is 5.56 Å². The molecule has 1 rings (SSSR count). The van der Waals surface area contributed by atoms with E-state index in [-0.39, 0.29) is 5.91 Å². The van der Waals surface area contributed by atoms with Gasteiger partial charge in [0, 0.05) is 12.1 Å². The Labute approximate surface area is 85.3 Å². The van der Waals surface area contributed by atoms with Gasteiger partial charge in [0.1, 0.15) is 0 Å². The highest BCUT2D eigenvalue weighted by Crippen LogP contribution is 2.09. The molecule has 2 nitrogen and oxygen atoms in total. The molecule has 0 aliphatic carbocycles. The highest BCUT2D eigenvalue weighted by molar-refractivity contribution is 5.90. The number of benzene rings is 1. The van der Waals surface area contributed by atoms with Crippen molar-refractivity contribution in [2.75, 3.05) is 5.32 Å². The quantitative estimate of drug-likeness (QED) is 0.778. The molecule has 1 aromatic carbocycles. The van der Waals surface area contributed by atoms with Gasteiger partial charge in [-0.2, -0.15) is 0 Å². The van der Waals surface area contributed by atoms with E-state index in [1.807, 2.05) is 31.2 Å². The van der Waals surface area contributed by atoms with Crippen molar-refractivity contribution in [1.82, 2.24) is 0 Å². The van der Waals surface area contributed by atoms with Crippen LogP contribution < -0.4 is 5.32 Å². The van der Waals surface area contributed by atoms with Crippen molar-refractivity contribution in [2.45, 2.75) is 33.1 Å². The number of nitrogens with one attached hydrogen (secondary N) is 1. The third-order valence-electron chi connectivity index (χ3n) is 2.09. The minimum atomic E-state index is 0.107. The van der Waals surface area contributed by atoms with Crippen LogP contribution in [0.2, 0.25) is 0 Å². The number of anilines is 1. The summed E-state index contributed by atoms with van der Waals surface area (Å²) in [7, 11) is 0. The number of hydrogen-bond donors (Lipinski definition) is 1. The van der Waals surface area contributed by atoms with Gasteiger partial charge in [0.05, 0.1) is 0 Å². The Hall–Kier alpha value is -1.31. The van der Waals surface area contributed by atoms with Crippen molar-refractivity contribution in [3.63, 3.8) is 0 Å². The number of carbonyl (C=O) groups excluding carboxylic acids is 1. The van der Waals surface area contributed by atoms with Crippen molar-refractivity contribution in [1.29, 1.82) is 0 Å². The molecule has 14 heavy (non-hydrogen) atoms.